The molecule has 6 aromatic rings. The van der Waals surface area contributed by atoms with E-state index >= 15 is 0 Å². The van der Waals surface area contributed by atoms with Gasteiger partial charge in [0.1, 0.15) is 35.2 Å². The summed E-state index contributed by atoms with van der Waals surface area (Å²) in [7, 11) is 1.60. The maximum absolute atomic E-state index is 12.0. The molecule has 0 spiro atoms. The van der Waals surface area contributed by atoms with Gasteiger partial charge in [0.05, 0.1) is 42.2 Å². The highest BCUT2D eigenvalue weighted by molar-refractivity contribution is 6.31. The van der Waals surface area contributed by atoms with Crippen molar-refractivity contribution in [2.75, 3.05) is 7.11 Å². The first-order chi connectivity index (χ1) is 27.4. The van der Waals surface area contributed by atoms with Crippen LogP contribution in [0.5, 0.6) is 11.5 Å². The molecule has 4 aromatic carbocycles. The molecule has 0 fully saturated rings. The molecule has 4 heterocycles. The summed E-state index contributed by atoms with van der Waals surface area (Å²) >= 11 is 12.1. The largest absolute Gasteiger partial charge is 0.508 e. The van der Waals surface area contributed by atoms with E-state index in [-0.39, 0.29) is 12.2 Å². The molecule has 3 atom stereocenters. The molecule has 0 radical (unpaired) electrons. The van der Waals surface area contributed by atoms with E-state index in [4.69, 9.17) is 37.9 Å². The SMILES string of the molecule is CCC(C(=O)O)[C@@H]1N=C(c2ccc(Cl)cc2)c2cc(O)ccc2-n2c(C)nnc21.COc1ccc2c(c1)C(c1ccc(Cl)cc1)=N[C@@H](CC(=O)O)c1nnc(C)n1-2. The fraction of sp³-hybridized carbons (Fsp3) is 0.220. The average Bonchev–Trinajstić information content (AvgIpc) is 3.69. The van der Waals surface area contributed by atoms with Crippen LogP contribution in [0, 0.1) is 19.8 Å². The zero-order chi connectivity index (χ0) is 40.5. The number of phenolic OH excluding ortho intramolecular Hbond substituents is 1. The normalized spacial score (nSPS) is 15.8. The van der Waals surface area contributed by atoms with Crippen molar-refractivity contribution >= 4 is 46.6 Å². The fourth-order valence-corrected chi connectivity index (χ4v) is 7.28. The number of halogens is 2. The number of ether oxygens (including phenoxy) is 1. The highest BCUT2D eigenvalue weighted by atomic mass is 35.5. The second kappa shape index (κ2) is 16.0. The molecule has 2 aliphatic heterocycles. The van der Waals surface area contributed by atoms with Gasteiger partial charge in [-0.05, 0) is 80.9 Å². The van der Waals surface area contributed by atoms with Crippen LogP contribution < -0.4 is 4.74 Å². The number of methoxy groups -OCH3 is 1. The van der Waals surface area contributed by atoms with Gasteiger partial charge >= 0.3 is 11.9 Å². The van der Waals surface area contributed by atoms with Crippen molar-refractivity contribution < 1.29 is 29.6 Å². The maximum Gasteiger partial charge on any atom is 0.309 e. The lowest BCUT2D eigenvalue weighted by Gasteiger charge is -2.18. The zero-order valence-electron chi connectivity index (χ0n) is 31.1. The summed E-state index contributed by atoms with van der Waals surface area (Å²) in [5, 5.41) is 47.4. The van der Waals surface area contributed by atoms with Gasteiger partial charge in [-0.25, -0.2) is 0 Å². The van der Waals surface area contributed by atoms with Crippen LogP contribution in [0.4, 0.5) is 0 Å². The van der Waals surface area contributed by atoms with Gasteiger partial charge in [-0.3, -0.25) is 28.7 Å². The summed E-state index contributed by atoms with van der Waals surface area (Å²) in [6.45, 7) is 5.45. The first-order valence-electron chi connectivity index (χ1n) is 17.9. The van der Waals surface area contributed by atoms with E-state index in [0.29, 0.717) is 62.5 Å². The zero-order valence-corrected chi connectivity index (χ0v) is 32.6. The number of carbonyl (C=O) groups is 2. The van der Waals surface area contributed by atoms with Crippen molar-refractivity contribution in [3.05, 3.63) is 141 Å². The highest BCUT2D eigenvalue weighted by Crippen LogP contribution is 2.38. The van der Waals surface area contributed by atoms with E-state index in [9.17, 15) is 24.9 Å². The van der Waals surface area contributed by atoms with E-state index in [1.54, 1.807) is 56.5 Å². The molecule has 0 aliphatic carbocycles. The molecule has 0 amide bonds. The Morgan fingerprint density at radius 1 is 0.737 bits per heavy atom. The quantitative estimate of drug-likeness (QED) is 0.139. The monoisotopic (exact) mass is 806 g/mol. The number of rotatable bonds is 8. The molecule has 2 aromatic heterocycles. The van der Waals surface area contributed by atoms with Crippen molar-refractivity contribution in [3.63, 3.8) is 0 Å². The summed E-state index contributed by atoms with van der Waals surface area (Å²) < 4.78 is 9.08. The van der Waals surface area contributed by atoms with E-state index < -0.39 is 29.9 Å². The van der Waals surface area contributed by atoms with Crippen LogP contribution in [0.15, 0.2) is 94.9 Å². The number of carboxylic acid groups (broad SMARTS) is 2. The number of aromatic hydroxyl groups is 1. The molecule has 1 unspecified atom stereocenters. The van der Waals surface area contributed by atoms with Crippen molar-refractivity contribution in [1.82, 2.24) is 29.5 Å². The minimum absolute atomic E-state index is 0.0846. The lowest BCUT2D eigenvalue weighted by atomic mass is 9.96. The van der Waals surface area contributed by atoms with Crippen LogP contribution in [-0.4, -0.2) is 75.3 Å². The van der Waals surface area contributed by atoms with E-state index in [1.165, 1.54) is 0 Å². The number of phenols is 1. The third-order valence-electron chi connectivity index (χ3n) is 9.73. The number of nitrogens with zero attached hydrogens (tertiary/aromatic N) is 8. The number of aromatic nitrogens is 6. The standard InChI is InChI=1S/C21H19ClN4O3.C20H17ClN4O3/c1-3-15(21(28)29)19-20-25-24-11(2)26(20)17-9-8-14(27)10-16(17)18(23-19)12-4-6-13(22)7-5-12;1-11-23-24-20-16(10-18(26)27)22-19(12-3-5-13(21)6-4-12)15-9-14(28-2)7-8-17(15)25(11)20/h4-10,15,19,27H,3H2,1-2H3,(H,28,29);3-9,16H,10H2,1-2H3,(H,26,27)/t15?,19-;16-/m00/s1. The second-order valence-electron chi connectivity index (χ2n) is 13.3. The highest BCUT2D eigenvalue weighted by Gasteiger charge is 2.36. The molecule has 14 nitrogen and oxygen atoms in total. The Labute approximate surface area is 336 Å². The first-order valence-corrected chi connectivity index (χ1v) is 18.6. The lowest BCUT2D eigenvalue weighted by Crippen LogP contribution is -2.23. The Kier molecular flexibility index (Phi) is 10.9. The average molecular weight is 808 g/mol. The van der Waals surface area contributed by atoms with Crippen LogP contribution in [-0.2, 0) is 9.59 Å². The number of aliphatic imine (C=N–C) groups is 2. The molecular weight excluding hydrogens is 771 g/mol. The van der Waals surface area contributed by atoms with Crippen LogP contribution in [0.2, 0.25) is 10.0 Å². The lowest BCUT2D eigenvalue weighted by molar-refractivity contribution is -0.142. The van der Waals surface area contributed by atoms with Gasteiger partial charge in [0, 0.05) is 32.3 Å². The Balaban J connectivity index is 0.000000174. The number of hydrogen-bond acceptors (Lipinski definition) is 10. The Morgan fingerprint density at radius 2 is 1.26 bits per heavy atom. The fourth-order valence-electron chi connectivity index (χ4n) is 7.03. The minimum Gasteiger partial charge on any atom is -0.508 e. The number of hydrogen-bond donors (Lipinski definition) is 3. The van der Waals surface area contributed by atoms with Crippen LogP contribution in [0.1, 0.15) is 77.4 Å². The molecule has 0 saturated carbocycles. The van der Waals surface area contributed by atoms with E-state index in [1.807, 2.05) is 65.4 Å². The van der Waals surface area contributed by atoms with Gasteiger partial charge < -0.3 is 20.1 Å². The Hall–Kier alpha value is -6.38. The van der Waals surface area contributed by atoms with Gasteiger partial charge in [-0.1, -0.05) is 54.4 Å². The molecule has 0 saturated heterocycles. The topological polar surface area (TPSA) is 190 Å². The van der Waals surface area contributed by atoms with Crippen LogP contribution in [0.25, 0.3) is 11.4 Å². The molecular formula is C41H36Cl2N8O6. The van der Waals surface area contributed by atoms with Crippen molar-refractivity contribution in [2.24, 2.45) is 15.9 Å². The first kappa shape index (κ1) is 38.9. The molecule has 290 valence electrons. The Morgan fingerprint density at radius 3 is 1.81 bits per heavy atom. The minimum atomic E-state index is -0.958. The van der Waals surface area contributed by atoms with E-state index in [2.05, 4.69) is 20.4 Å². The second-order valence-corrected chi connectivity index (χ2v) is 14.2. The summed E-state index contributed by atoms with van der Waals surface area (Å²) in [6, 6.07) is 23.6. The molecule has 16 heteroatoms. The predicted molar refractivity (Wildman–Crippen MR) is 214 cm³/mol. The predicted octanol–water partition coefficient (Wildman–Crippen LogP) is 7.54. The number of aliphatic carboxylic acids is 2. The summed E-state index contributed by atoms with van der Waals surface area (Å²) in [5.41, 5.74) is 5.84. The number of carboxylic acids is 2. The number of fused-ring (bicyclic) bond motifs is 6. The molecule has 3 N–H and O–H groups in total. The molecule has 8 rings (SSSR count). The molecule has 57 heavy (non-hydrogen) atoms. The summed E-state index contributed by atoms with van der Waals surface area (Å²) in [4.78, 5) is 33.1. The summed E-state index contributed by atoms with van der Waals surface area (Å²) in [6.07, 6.45) is 0.186. The maximum atomic E-state index is 12.0. The van der Waals surface area contributed by atoms with Crippen molar-refractivity contribution in [1.29, 1.82) is 0 Å². The van der Waals surface area contributed by atoms with Crippen LogP contribution >= 0.6 is 23.2 Å². The summed E-state index contributed by atoms with van der Waals surface area (Å²) in [5.74, 6) is 0.308. The Bertz CT molecular complexity index is 2570. The third kappa shape index (κ3) is 7.61. The van der Waals surface area contributed by atoms with Crippen molar-refractivity contribution in [2.45, 2.75) is 45.7 Å². The van der Waals surface area contributed by atoms with Crippen LogP contribution in [0.3, 0.4) is 0 Å². The van der Waals surface area contributed by atoms with Gasteiger partial charge in [-0.15, -0.1) is 20.4 Å². The van der Waals surface area contributed by atoms with Gasteiger partial charge in [-0.2, -0.15) is 0 Å². The number of benzene rings is 4. The molecule has 0 bridgehead atoms. The smallest absolute Gasteiger partial charge is 0.309 e. The van der Waals surface area contributed by atoms with Gasteiger partial charge in [0.15, 0.2) is 11.6 Å². The van der Waals surface area contributed by atoms with Gasteiger partial charge in [0.2, 0.25) is 0 Å². The molecule has 2 aliphatic rings. The third-order valence-corrected chi connectivity index (χ3v) is 10.2. The van der Waals surface area contributed by atoms with E-state index in [0.717, 1.165) is 28.1 Å². The number of aryl methyl sites for hydroxylation is 2. The van der Waals surface area contributed by atoms with Gasteiger partial charge in [0.25, 0.3) is 0 Å². The van der Waals surface area contributed by atoms with Crippen molar-refractivity contribution in [3.8, 4) is 22.9 Å².